The first-order valence-corrected chi connectivity index (χ1v) is 6.74. The molecule has 3 nitrogen and oxygen atoms in total. The van der Waals surface area contributed by atoms with Crippen LogP contribution in [0.2, 0.25) is 0 Å². The van der Waals surface area contributed by atoms with Crippen molar-refractivity contribution in [1.82, 2.24) is 5.32 Å². The summed E-state index contributed by atoms with van der Waals surface area (Å²) in [6.45, 7) is 0.574. The molecule has 4 heteroatoms. The van der Waals surface area contributed by atoms with Crippen LogP contribution < -0.4 is 5.32 Å². The first-order chi connectivity index (χ1) is 8.83. The lowest BCUT2D eigenvalue weighted by atomic mass is 10.2. The van der Waals surface area contributed by atoms with E-state index in [1.54, 1.807) is 11.3 Å². The Bertz CT molecular complexity index is 466. The third-order valence-electron chi connectivity index (χ3n) is 2.73. The van der Waals surface area contributed by atoms with Crippen LogP contribution in [0.1, 0.15) is 4.88 Å². The van der Waals surface area contributed by atoms with E-state index in [4.69, 9.17) is 10.2 Å². The Labute approximate surface area is 111 Å². The molecule has 0 aliphatic rings. The molecule has 3 N–H and O–H groups in total. The van der Waals surface area contributed by atoms with Gasteiger partial charge in [0, 0.05) is 16.3 Å². The van der Waals surface area contributed by atoms with Crippen LogP contribution in [0.4, 0.5) is 0 Å². The van der Waals surface area contributed by atoms with Crippen molar-refractivity contribution in [1.29, 1.82) is 0 Å². The van der Waals surface area contributed by atoms with E-state index in [2.05, 4.69) is 29.6 Å². The molecule has 0 unspecified atom stereocenters. The van der Waals surface area contributed by atoms with Gasteiger partial charge in [0.25, 0.3) is 0 Å². The van der Waals surface area contributed by atoms with Crippen LogP contribution in [0.3, 0.4) is 0 Å². The van der Waals surface area contributed by atoms with Crippen molar-refractivity contribution in [2.45, 2.75) is 12.6 Å². The Hall–Kier alpha value is -1.20. The summed E-state index contributed by atoms with van der Waals surface area (Å²) in [5.74, 6) is 0. The largest absolute Gasteiger partial charge is 0.395 e. The second-order valence-corrected chi connectivity index (χ2v) is 5.24. The van der Waals surface area contributed by atoms with Crippen LogP contribution in [0.25, 0.3) is 10.4 Å². The maximum Gasteiger partial charge on any atom is 0.0607 e. The summed E-state index contributed by atoms with van der Waals surface area (Å²) in [4.78, 5) is 2.43. The summed E-state index contributed by atoms with van der Waals surface area (Å²) in [6, 6.07) is 14.2. The van der Waals surface area contributed by atoms with Gasteiger partial charge < -0.3 is 15.5 Å². The van der Waals surface area contributed by atoms with E-state index in [-0.39, 0.29) is 19.3 Å². The third kappa shape index (κ3) is 3.40. The van der Waals surface area contributed by atoms with Crippen LogP contribution in [-0.2, 0) is 6.54 Å². The number of rotatable bonds is 6. The van der Waals surface area contributed by atoms with Gasteiger partial charge in [-0.2, -0.15) is 0 Å². The molecule has 0 saturated heterocycles. The molecule has 0 fully saturated rings. The molecule has 0 saturated carbocycles. The molecule has 18 heavy (non-hydrogen) atoms. The fourth-order valence-corrected chi connectivity index (χ4v) is 2.63. The van der Waals surface area contributed by atoms with E-state index in [1.165, 1.54) is 15.3 Å². The van der Waals surface area contributed by atoms with Gasteiger partial charge in [0.2, 0.25) is 0 Å². The first kappa shape index (κ1) is 13.2. The Morgan fingerprint density at radius 2 is 1.72 bits per heavy atom. The highest BCUT2D eigenvalue weighted by Crippen LogP contribution is 2.27. The number of hydrogen-bond acceptors (Lipinski definition) is 4. The number of nitrogens with one attached hydrogen (secondary N) is 1. The van der Waals surface area contributed by atoms with Gasteiger partial charge in [-0.1, -0.05) is 30.3 Å². The van der Waals surface area contributed by atoms with Crippen LogP contribution in [0.5, 0.6) is 0 Å². The maximum absolute atomic E-state index is 8.97. The third-order valence-corrected chi connectivity index (χ3v) is 3.86. The second kappa shape index (κ2) is 6.66. The fourth-order valence-electron chi connectivity index (χ4n) is 1.66. The second-order valence-electron chi connectivity index (χ2n) is 4.07. The van der Waals surface area contributed by atoms with Crippen molar-refractivity contribution in [3.63, 3.8) is 0 Å². The van der Waals surface area contributed by atoms with E-state index < -0.39 is 0 Å². The monoisotopic (exact) mass is 263 g/mol. The molecule has 96 valence electrons. The lowest BCUT2D eigenvalue weighted by Crippen LogP contribution is -2.34. The lowest BCUT2D eigenvalue weighted by Gasteiger charge is -2.11. The van der Waals surface area contributed by atoms with Gasteiger partial charge in [-0.15, -0.1) is 11.3 Å². The fraction of sp³-hybridized carbons (Fsp3) is 0.286. The Balaban J connectivity index is 1.98. The van der Waals surface area contributed by atoms with Crippen LogP contribution in [0, 0.1) is 0 Å². The topological polar surface area (TPSA) is 52.5 Å². The van der Waals surface area contributed by atoms with E-state index in [1.807, 2.05) is 18.2 Å². The summed E-state index contributed by atoms with van der Waals surface area (Å²) in [5, 5.41) is 21.0. The van der Waals surface area contributed by atoms with Crippen molar-refractivity contribution in [3.05, 3.63) is 47.3 Å². The predicted molar refractivity (Wildman–Crippen MR) is 74.6 cm³/mol. The Morgan fingerprint density at radius 1 is 1.00 bits per heavy atom. The average Bonchev–Trinajstić information content (AvgIpc) is 2.90. The maximum atomic E-state index is 8.97. The van der Waals surface area contributed by atoms with Crippen molar-refractivity contribution < 1.29 is 10.2 Å². The molecule has 0 atom stereocenters. The number of aliphatic hydroxyl groups excluding tert-OH is 2. The van der Waals surface area contributed by atoms with E-state index in [0.717, 1.165) is 0 Å². The molecule has 0 aliphatic carbocycles. The van der Waals surface area contributed by atoms with Gasteiger partial charge in [-0.3, -0.25) is 0 Å². The molecule has 1 heterocycles. The molecule has 0 spiro atoms. The van der Waals surface area contributed by atoms with Gasteiger partial charge >= 0.3 is 0 Å². The van der Waals surface area contributed by atoms with Gasteiger partial charge in [0.1, 0.15) is 0 Å². The number of hydrogen-bond donors (Lipinski definition) is 3. The Kier molecular flexibility index (Phi) is 4.90. The number of benzene rings is 1. The van der Waals surface area contributed by atoms with Crippen molar-refractivity contribution in [2.75, 3.05) is 13.2 Å². The van der Waals surface area contributed by atoms with Gasteiger partial charge in [-0.25, -0.2) is 0 Å². The zero-order chi connectivity index (χ0) is 12.8. The molecule has 1 aromatic heterocycles. The zero-order valence-electron chi connectivity index (χ0n) is 10.0. The summed E-state index contributed by atoms with van der Waals surface area (Å²) in [5.41, 5.74) is 1.22. The minimum absolute atomic E-state index is 0.0482. The van der Waals surface area contributed by atoms with E-state index in [0.29, 0.717) is 6.54 Å². The smallest absolute Gasteiger partial charge is 0.0607 e. The van der Waals surface area contributed by atoms with Gasteiger partial charge in [0.15, 0.2) is 0 Å². The molecule has 2 rings (SSSR count). The molecular weight excluding hydrogens is 246 g/mol. The minimum atomic E-state index is -0.243. The summed E-state index contributed by atoms with van der Waals surface area (Å²) in [7, 11) is 0. The summed E-state index contributed by atoms with van der Waals surface area (Å²) in [6.07, 6.45) is 0. The van der Waals surface area contributed by atoms with Crippen LogP contribution in [0.15, 0.2) is 42.5 Å². The summed E-state index contributed by atoms with van der Waals surface area (Å²) < 4.78 is 0. The van der Waals surface area contributed by atoms with Gasteiger partial charge in [0.05, 0.1) is 19.3 Å². The summed E-state index contributed by atoms with van der Waals surface area (Å²) >= 11 is 1.72. The normalized spacial score (nSPS) is 11.1. The van der Waals surface area contributed by atoms with Crippen molar-refractivity contribution in [2.24, 2.45) is 0 Å². The molecule has 0 bridgehead atoms. The zero-order valence-corrected chi connectivity index (χ0v) is 10.9. The molecular formula is C14H17NO2S. The van der Waals surface area contributed by atoms with Crippen LogP contribution >= 0.6 is 11.3 Å². The average molecular weight is 263 g/mol. The first-order valence-electron chi connectivity index (χ1n) is 5.92. The van der Waals surface area contributed by atoms with Crippen molar-refractivity contribution >= 4 is 11.3 Å². The minimum Gasteiger partial charge on any atom is -0.395 e. The number of thiophene rings is 1. The highest BCUT2D eigenvalue weighted by atomic mass is 32.1. The van der Waals surface area contributed by atoms with E-state index >= 15 is 0 Å². The highest BCUT2D eigenvalue weighted by Gasteiger charge is 2.06. The van der Waals surface area contributed by atoms with E-state index in [9.17, 15) is 0 Å². The Morgan fingerprint density at radius 3 is 2.39 bits per heavy atom. The lowest BCUT2D eigenvalue weighted by molar-refractivity contribution is 0.170. The quantitative estimate of drug-likeness (QED) is 0.745. The standard InChI is InChI=1S/C14H17NO2S/c16-9-12(10-17)15-8-13-6-7-14(18-13)11-4-2-1-3-5-11/h1-7,12,15-17H,8-10H2. The molecule has 0 radical (unpaired) electrons. The predicted octanol–water partition coefficient (Wildman–Crippen LogP) is 1.86. The van der Waals surface area contributed by atoms with Crippen LogP contribution in [-0.4, -0.2) is 29.5 Å². The highest BCUT2D eigenvalue weighted by molar-refractivity contribution is 7.15. The SMILES string of the molecule is OCC(CO)NCc1ccc(-c2ccccc2)s1. The molecule has 2 aromatic rings. The molecule has 1 aromatic carbocycles. The molecule has 0 amide bonds. The number of aliphatic hydroxyl groups is 2. The van der Waals surface area contributed by atoms with Gasteiger partial charge in [-0.05, 0) is 17.7 Å². The molecule has 0 aliphatic heterocycles. The van der Waals surface area contributed by atoms with Crippen molar-refractivity contribution in [3.8, 4) is 10.4 Å².